The number of non-ortho nitro benzene ring substituents is 1. The first kappa shape index (κ1) is 19.6. The minimum absolute atomic E-state index is 0.0338. The van der Waals surface area contributed by atoms with Crippen molar-refractivity contribution in [3.63, 3.8) is 0 Å². The number of hydrogen-bond acceptors (Lipinski definition) is 6. The van der Waals surface area contributed by atoms with Gasteiger partial charge in [-0.1, -0.05) is 18.2 Å². The molecule has 0 fully saturated rings. The van der Waals surface area contributed by atoms with E-state index in [-0.39, 0.29) is 17.2 Å². The standard InChI is InChI=1S/C22H15N3O6/c26-21(19-8-3-11-30-19)23-15-5-2-6-16(13-15)24-22(27)20-10-9-18(31-20)14-4-1-7-17(12-14)25(28)29/h1-13H,(H,23,26)(H,24,27). The van der Waals surface area contributed by atoms with Crippen LogP contribution in [-0.2, 0) is 0 Å². The van der Waals surface area contributed by atoms with E-state index >= 15 is 0 Å². The molecular weight excluding hydrogens is 402 g/mol. The molecule has 2 amide bonds. The van der Waals surface area contributed by atoms with Gasteiger partial charge in [0.1, 0.15) is 5.76 Å². The number of benzene rings is 2. The van der Waals surface area contributed by atoms with Crippen molar-refractivity contribution < 1.29 is 23.3 Å². The van der Waals surface area contributed by atoms with Crippen molar-refractivity contribution in [1.29, 1.82) is 0 Å². The molecule has 31 heavy (non-hydrogen) atoms. The first-order valence-electron chi connectivity index (χ1n) is 9.10. The first-order chi connectivity index (χ1) is 15.0. The molecule has 2 heterocycles. The quantitative estimate of drug-likeness (QED) is 0.337. The van der Waals surface area contributed by atoms with Crippen LogP contribution in [0.25, 0.3) is 11.3 Å². The lowest BCUT2D eigenvalue weighted by Gasteiger charge is -2.07. The molecule has 0 spiro atoms. The number of carbonyl (C=O) groups is 2. The van der Waals surface area contributed by atoms with Crippen LogP contribution in [0.4, 0.5) is 17.1 Å². The second-order valence-corrected chi connectivity index (χ2v) is 6.44. The van der Waals surface area contributed by atoms with E-state index in [4.69, 9.17) is 8.83 Å². The number of nitro groups is 1. The van der Waals surface area contributed by atoms with Gasteiger partial charge in [-0.05, 0) is 42.5 Å². The summed E-state index contributed by atoms with van der Waals surface area (Å²) < 4.78 is 10.6. The van der Waals surface area contributed by atoms with Crippen LogP contribution in [0.5, 0.6) is 0 Å². The highest BCUT2D eigenvalue weighted by atomic mass is 16.6. The summed E-state index contributed by atoms with van der Waals surface area (Å²) in [5, 5.41) is 16.3. The summed E-state index contributed by atoms with van der Waals surface area (Å²) in [7, 11) is 0. The predicted molar refractivity (Wildman–Crippen MR) is 112 cm³/mol. The van der Waals surface area contributed by atoms with Crippen molar-refractivity contribution in [2.24, 2.45) is 0 Å². The van der Waals surface area contributed by atoms with E-state index in [0.717, 1.165) is 0 Å². The molecule has 0 saturated carbocycles. The number of furan rings is 2. The highest BCUT2D eigenvalue weighted by Crippen LogP contribution is 2.26. The minimum Gasteiger partial charge on any atom is -0.459 e. The van der Waals surface area contributed by atoms with Gasteiger partial charge in [-0.15, -0.1) is 0 Å². The van der Waals surface area contributed by atoms with Crippen LogP contribution in [0.1, 0.15) is 21.1 Å². The Morgan fingerprint density at radius 1 is 0.806 bits per heavy atom. The zero-order chi connectivity index (χ0) is 21.8. The molecule has 2 aromatic carbocycles. The molecule has 0 atom stereocenters. The Kier molecular flexibility index (Phi) is 5.31. The molecule has 0 bridgehead atoms. The summed E-state index contributed by atoms with van der Waals surface area (Å²) >= 11 is 0. The van der Waals surface area contributed by atoms with Crippen LogP contribution in [0.15, 0.2) is 87.9 Å². The van der Waals surface area contributed by atoms with Gasteiger partial charge in [-0.3, -0.25) is 19.7 Å². The molecule has 0 aliphatic rings. The summed E-state index contributed by atoms with van der Waals surface area (Å²) in [4.78, 5) is 35.1. The molecule has 2 aromatic heterocycles. The van der Waals surface area contributed by atoms with Crippen LogP contribution in [0, 0.1) is 10.1 Å². The Labute approximate surface area is 175 Å². The molecule has 4 rings (SSSR count). The fourth-order valence-electron chi connectivity index (χ4n) is 2.86. The van der Waals surface area contributed by atoms with Crippen LogP contribution < -0.4 is 10.6 Å². The minimum atomic E-state index is -0.508. The highest BCUT2D eigenvalue weighted by molar-refractivity contribution is 6.04. The Morgan fingerprint density at radius 3 is 2.19 bits per heavy atom. The van der Waals surface area contributed by atoms with Crippen molar-refractivity contribution in [1.82, 2.24) is 0 Å². The number of carbonyl (C=O) groups excluding carboxylic acids is 2. The molecule has 0 saturated heterocycles. The molecule has 0 aliphatic heterocycles. The van der Waals surface area contributed by atoms with Gasteiger partial charge < -0.3 is 19.5 Å². The maximum Gasteiger partial charge on any atom is 0.291 e. The molecule has 0 unspecified atom stereocenters. The molecule has 9 heteroatoms. The summed E-state index contributed by atoms with van der Waals surface area (Å²) in [5.41, 5.74) is 1.32. The highest BCUT2D eigenvalue weighted by Gasteiger charge is 2.15. The van der Waals surface area contributed by atoms with Crippen molar-refractivity contribution in [3.05, 3.63) is 101 Å². The normalized spacial score (nSPS) is 10.5. The van der Waals surface area contributed by atoms with Crippen LogP contribution in [0.2, 0.25) is 0 Å². The summed E-state index contributed by atoms with van der Waals surface area (Å²) in [6.45, 7) is 0. The van der Waals surface area contributed by atoms with Crippen LogP contribution >= 0.6 is 0 Å². The lowest BCUT2D eigenvalue weighted by Crippen LogP contribution is -2.13. The summed E-state index contributed by atoms with van der Waals surface area (Å²) in [5.74, 6) is -0.397. The lowest BCUT2D eigenvalue weighted by molar-refractivity contribution is -0.384. The van der Waals surface area contributed by atoms with Crippen LogP contribution in [-0.4, -0.2) is 16.7 Å². The molecule has 2 N–H and O–H groups in total. The Balaban J connectivity index is 1.46. The van der Waals surface area contributed by atoms with E-state index in [2.05, 4.69) is 10.6 Å². The number of nitrogens with zero attached hydrogens (tertiary/aromatic N) is 1. The van der Waals surface area contributed by atoms with Crippen molar-refractivity contribution in [3.8, 4) is 11.3 Å². The number of anilines is 2. The van der Waals surface area contributed by atoms with Crippen molar-refractivity contribution >= 4 is 28.9 Å². The third-order valence-electron chi connectivity index (χ3n) is 4.29. The van der Waals surface area contributed by atoms with Gasteiger partial charge in [0.05, 0.1) is 11.2 Å². The topological polar surface area (TPSA) is 128 Å². The number of nitro benzene ring substituents is 1. The second kappa shape index (κ2) is 8.37. The van der Waals surface area contributed by atoms with Crippen molar-refractivity contribution in [2.45, 2.75) is 0 Å². The number of rotatable bonds is 6. The third-order valence-corrected chi connectivity index (χ3v) is 4.29. The average molecular weight is 417 g/mol. The monoisotopic (exact) mass is 417 g/mol. The molecular formula is C22H15N3O6. The Bertz CT molecular complexity index is 1260. The molecule has 0 radical (unpaired) electrons. The maximum absolute atomic E-state index is 12.5. The smallest absolute Gasteiger partial charge is 0.291 e. The Morgan fingerprint density at radius 2 is 1.52 bits per heavy atom. The molecule has 154 valence electrons. The zero-order valence-electron chi connectivity index (χ0n) is 15.9. The van der Waals surface area contributed by atoms with Gasteiger partial charge in [0.25, 0.3) is 17.5 Å². The van der Waals surface area contributed by atoms with E-state index < -0.39 is 16.7 Å². The van der Waals surface area contributed by atoms with Crippen LogP contribution in [0.3, 0.4) is 0 Å². The van der Waals surface area contributed by atoms with E-state index in [1.54, 1.807) is 42.5 Å². The van der Waals surface area contributed by atoms with E-state index in [1.165, 1.54) is 36.6 Å². The zero-order valence-corrected chi connectivity index (χ0v) is 15.9. The Hall–Kier alpha value is -4.66. The fourth-order valence-corrected chi connectivity index (χ4v) is 2.86. The summed E-state index contributed by atoms with van der Waals surface area (Å²) in [6.07, 6.45) is 1.40. The largest absolute Gasteiger partial charge is 0.459 e. The number of hydrogen-bond donors (Lipinski definition) is 2. The van der Waals surface area contributed by atoms with E-state index in [1.807, 2.05) is 0 Å². The predicted octanol–water partition coefficient (Wildman–Crippen LogP) is 4.95. The van der Waals surface area contributed by atoms with Gasteiger partial charge >= 0.3 is 0 Å². The number of nitrogens with one attached hydrogen (secondary N) is 2. The number of amides is 2. The molecule has 9 nitrogen and oxygen atoms in total. The lowest BCUT2D eigenvalue weighted by atomic mass is 10.1. The first-order valence-corrected chi connectivity index (χ1v) is 9.10. The van der Waals surface area contributed by atoms with E-state index in [0.29, 0.717) is 22.7 Å². The maximum atomic E-state index is 12.5. The SMILES string of the molecule is O=C(Nc1cccc(NC(=O)c2ccc(-c3cccc([N+](=O)[O-])c3)o2)c1)c1ccco1. The van der Waals surface area contributed by atoms with Gasteiger partial charge in [-0.2, -0.15) is 0 Å². The van der Waals surface area contributed by atoms with Gasteiger partial charge in [0, 0.05) is 29.1 Å². The third kappa shape index (κ3) is 4.51. The van der Waals surface area contributed by atoms with E-state index in [9.17, 15) is 19.7 Å². The fraction of sp³-hybridized carbons (Fsp3) is 0. The van der Waals surface area contributed by atoms with Crippen molar-refractivity contribution in [2.75, 3.05) is 10.6 Å². The van der Waals surface area contributed by atoms with Gasteiger partial charge in [0.2, 0.25) is 0 Å². The second-order valence-electron chi connectivity index (χ2n) is 6.44. The molecule has 4 aromatic rings. The van der Waals surface area contributed by atoms with Gasteiger partial charge in [-0.25, -0.2) is 0 Å². The average Bonchev–Trinajstić information content (AvgIpc) is 3.46. The molecule has 0 aliphatic carbocycles. The van der Waals surface area contributed by atoms with Gasteiger partial charge in [0.15, 0.2) is 11.5 Å². The summed E-state index contributed by atoms with van der Waals surface area (Å²) in [6, 6.07) is 18.7.